The summed E-state index contributed by atoms with van der Waals surface area (Å²) in [6, 6.07) is 0. The topological polar surface area (TPSA) is 75.3 Å². The highest BCUT2D eigenvalue weighted by Crippen LogP contribution is 1.81. The van der Waals surface area contributed by atoms with Gasteiger partial charge in [0.2, 0.25) is 0 Å². The summed E-state index contributed by atoms with van der Waals surface area (Å²) in [5, 5.41) is 10.8. The molecule has 4 N–H and O–H groups in total. The molecular weight excluding hydrogens is 144 g/mol. The van der Waals surface area contributed by atoms with E-state index >= 15 is 0 Å². The molecule has 0 unspecified atom stereocenters. The van der Waals surface area contributed by atoms with Crippen molar-refractivity contribution in [2.24, 2.45) is 5.73 Å². The SMILES string of the molecule is C=C(C)C(=O)O.CNCCN. The Labute approximate surface area is 67.1 Å². The van der Waals surface area contributed by atoms with Crippen LogP contribution in [0.5, 0.6) is 0 Å². The quantitative estimate of drug-likeness (QED) is 0.500. The number of aliphatic carboxylic acids is 1. The fraction of sp³-hybridized carbons (Fsp3) is 0.571. The lowest BCUT2D eigenvalue weighted by atomic mass is 10.4. The first-order valence-corrected chi connectivity index (χ1v) is 3.29. The van der Waals surface area contributed by atoms with Gasteiger partial charge in [0.05, 0.1) is 0 Å². The van der Waals surface area contributed by atoms with Gasteiger partial charge in [-0.1, -0.05) is 6.58 Å². The summed E-state index contributed by atoms with van der Waals surface area (Å²) in [4.78, 5) is 9.60. The van der Waals surface area contributed by atoms with Gasteiger partial charge in [0.25, 0.3) is 0 Å². The predicted molar refractivity (Wildman–Crippen MR) is 45.4 cm³/mol. The van der Waals surface area contributed by atoms with Crippen LogP contribution in [0.15, 0.2) is 12.2 Å². The highest BCUT2D eigenvalue weighted by molar-refractivity contribution is 5.84. The standard InChI is InChI=1S/C4H6O2.C3H10N2/c1-3(2)4(5)6;1-5-3-2-4/h1H2,2H3,(H,5,6);5H,2-4H2,1H3. The van der Waals surface area contributed by atoms with Gasteiger partial charge < -0.3 is 16.2 Å². The van der Waals surface area contributed by atoms with Crippen molar-refractivity contribution in [1.29, 1.82) is 0 Å². The Bertz CT molecular complexity index is 110. The smallest absolute Gasteiger partial charge is 0.330 e. The molecule has 0 amide bonds. The van der Waals surface area contributed by atoms with Crippen LogP contribution >= 0.6 is 0 Å². The Morgan fingerprint density at radius 3 is 2.09 bits per heavy atom. The van der Waals surface area contributed by atoms with E-state index in [-0.39, 0.29) is 5.57 Å². The van der Waals surface area contributed by atoms with Crippen molar-refractivity contribution in [2.75, 3.05) is 20.1 Å². The zero-order chi connectivity index (χ0) is 9.28. The van der Waals surface area contributed by atoms with Crippen LogP contribution in [-0.2, 0) is 4.79 Å². The van der Waals surface area contributed by atoms with Crippen molar-refractivity contribution in [2.45, 2.75) is 6.92 Å². The molecule has 0 aromatic rings. The second kappa shape index (κ2) is 9.13. The van der Waals surface area contributed by atoms with E-state index < -0.39 is 5.97 Å². The van der Waals surface area contributed by atoms with E-state index in [0.717, 1.165) is 13.1 Å². The molecule has 0 spiro atoms. The van der Waals surface area contributed by atoms with E-state index in [1.54, 1.807) is 0 Å². The van der Waals surface area contributed by atoms with Crippen molar-refractivity contribution in [3.05, 3.63) is 12.2 Å². The molecule has 66 valence electrons. The summed E-state index contributed by atoms with van der Waals surface area (Å²) in [5.41, 5.74) is 5.25. The van der Waals surface area contributed by atoms with Crippen LogP contribution in [0.2, 0.25) is 0 Å². The molecule has 0 fully saturated rings. The number of likely N-dealkylation sites (N-methyl/N-ethyl adjacent to an activating group) is 1. The number of hydrogen-bond acceptors (Lipinski definition) is 3. The second-order valence-corrected chi connectivity index (χ2v) is 1.98. The molecule has 0 aromatic carbocycles. The lowest BCUT2D eigenvalue weighted by molar-refractivity contribution is -0.132. The molecular formula is C7H16N2O2. The Balaban J connectivity index is 0. The van der Waals surface area contributed by atoms with Crippen LogP contribution in [0.3, 0.4) is 0 Å². The minimum absolute atomic E-state index is 0.176. The molecule has 0 heterocycles. The van der Waals surface area contributed by atoms with Crippen molar-refractivity contribution < 1.29 is 9.90 Å². The Morgan fingerprint density at radius 2 is 2.09 bits per heavy atom. The predicted octanol–water partition coefficient (Wildman–Crippen LogP) is -0.188. The van der Waals surface area contributed by atoms with E-state index in [1.165, 1.54) is 6.92 Å². The zero-order valence-corrected chi connectivity index (χ0v) is 7.05. The summed E-state index contributed by atoms with van der Waals surface area (Å²) < 4.78 is 0. The van der Waals surface area contributed by atoms with Crippen molar-refractivity contribution in [1.82, 2.24) is 5.32 Å². The third kappa shape index (κ3) is 17.6. The van der Waals surface area contributed by atoms with Crippen LogP contribution in [0.1, 0.15) is 6.92 Å². The van der Waals surface area contributed by atoms with E-state index in [1.807, 2.05) is 7.05 Å². The fourth-order valence-electron chi connectivity index (χ4n) is 0.144. The van der Waals surface area contributed by atoms with E-state index in [9.17, 15) is 4.79 Å². The summed E-state index contributed by atoms with van der Waals surface area (Å²) in [6.45, 7) is 6.25. The third-order valence-corrected chi connectivity index (χ3v) is 0.759. The largest absolute Gasteiger partial charge is 0.478 e. The monoisotopic (exact) mass is 160 g/mol. The van der Waals surface area contributed by atoms with E-state index in [0.29, 0.717) is 0 Å². The maximum Gasteiger partial charge on any atom is 0.330 e. The Hall–Kier alpha value is -0.870. The minimum Gasteiger partial charge on any atom is -0.478 e. The summed E-state index contributed by atoms with van der Waals surface area (Å²) in [7, 11) is 1.88. The van der Waals surface area contributed by atoms with Crippen molar-refractivity contribution in [3.8, 4) is 0 Å². The lowest BCUT2D eigenvalue weighted by Crippen LogP contribution is -2.17. The van der Waals surface area contributed by atoms with E-state index in [4.69, 9.17) is 10.8 Å². The van der Waals surface area contributed by atoms with Gasteiger partial charge in [0, 0.05) is 18.7 Å². The van der Waals surface area contributed by atoms with Gasteiger partial charge in [-0.05, 0) is 14.0 Å². The molecule has 0 saturated heterocycles. The van der Waals surface area contributed by atoms with E-state index in [2.05, 4.69) is 11.9 Å². The first-order valence-electron chi connectivity index (χ1n) is 3.29. The molecule has 11 heavy (non-hydrogen) atoms. The molecule has 0 bridgehead atoms. The normalized spacial score (nSPS) is 7.91. The van der Waals surface area contributed by atoms with Gasteiger partial charge >= 0.3 is 5.97 Å². The number of carbonyl (C=O) groups is 1. The van der Waals surface area contributed by atoms with Gasteiger partial charge in [-0.3, -0.25) is 0 Å². The van der Waals surface area contributed by atoms with Crippen LogP contribution < -0.4 is 11.1 Å². The third-order valence-electron chi connectivity index (χ3n) is 0.759. The van der Waals surface area contributed by atoms with Gasteiger partial charge in [0.1, 0.15) is 0 Å². The minimum atomic E-state index is -0.935. The summed E-state index contributed by atoms with van der Waals surface area (Å²) in [6.07, 6.45) is 0. The van der Waals surface area contributed by atoms with Crippen LogP contribution in [0, 0.1) is 0 Å². The van der Waals surface area contributed by atoms with Crippen LogP contribution in [0.4, 0.5) is 0 Å². The Kier molecular flexibility index (Phi) is 10.6. The summed E-state index contributed by atoms with van der Waals surface area (Å²) in [5.74, 6) is -0.935. The average Bonchev–Trinajstić information content (AvgIpc) is 1.90. The van der Waals surface area contributed by atoms with Gasteiger partial charge in [0.15, 0.2) is 0 Å². The molecule has 0 aliphatic carbocycles. The molecule has 4 heteroatoms. The second-order valence-electron chi connectivity index (χ2n) is 1.98. The highest BCUT2D eigenvalue weighted by Gasteiger charge is 1.90. The first kappa shape index (κ1) is 12.8. The average molecular weight is 160 g/mol. The molecule has 0 radical (unpaired) electrons. The summed E-state index contributed by atoms with van der Waals surface area (Å²) >= 11 is 0. The Morgan fingerprint density at radius 1 is 1.73 bits per heavy atom. The number of carboxylic acids is 1. The molecule has 0 aromatic heterocycles. The first-order chi connectivity index (χ1) is 5.06. The molecule has 0 aliphatic heterocycles. The molecule has 0 aliphatic rings. The molecule has 0 atom stereocenters. The molecule has 0 saturated carbocycles. The van der Waals surface area contributed by atoms with Gasteiger partial charge in [-0.15, -0.1) is 0 Å². The zero-order valence-electron chi connectivity index (χ0n) is 7.05. The number of nitrogens with two attached hydrogens (primary N) is 1. The number of carboxylic acid groups (broad SMARTS) is 1. The van der Waals surface area contributed by atoms with Gasteiger partial charge in [-0.2, -0.15) is 0 Å². The highest BCUT2D eigenvalue weighted by atomic mass is 16.4. The molecule has 0 rings (SSSR count). The number of hydrogen-bond donors (Lipinski definition) is 3. The number of nitrogens with one attached hydrogen (secondary N) is 1. The molecule has 4 nitrogen and oxygen atoms in total. The van der Waals surface area contributed by atoms with Crippen molar-refractivity contribution >= 4 is 5.97 Å². The van der Waals surface area contributed by atoms with Crippen LogP contribution in [-0.4, -0.2) is 31.2 Å². The lowest BCUT2D eigenvalue weighted by Gasteiger charge is -1.85. The maximum absolute atomic E-state index is 9.60. The maximum atomic E-state index is 9.60. The van der Waals surface area contributed by atoms with Crippen molar-refractivity contribution in [3.63, 3.8) is 0 Å². The van der Waals surface area contributed by atoms with Crippen LogP contribution in [0.25, 0.3) is 0 Å². The fourth-order valence-corrected chi connectivity index (χ4v) is 0.144. The van der Waals surface area contributed by atoms with Gasteiger partial charge in [-0.25, -0.2) is 4.79 Å². The number of rotatable bonds is 3.